The van der Waals surface area contributed by atoms with Crippen molar-refractivity contribution >= 4 is 16.9 Å². The number of carbonyl (C=O) groups is 1. The van der Waals surface area contributed by atoms with Gasteiger partial charge in [0.2, 0.25) is 5.91 Å². The Morgan fingerprint density at radius 2 is 1.67 bits per heavy atom. The van der Waals surface area contributed by atoms with Gasteiger partial charge in [-0.2, -0.15) is 0 Å². The molecule has 1 aromatic rings. The van der Waals surface area contributed by atoms with Crippen LogP contribution in [0.25, 0.3) is 0 Å². The van der Waals surface area contributed by atoms with Gasteiger partial charge in [-0.1, -0.05) is 34.1 Å². The lowest BCUT2D eigenvalue weighted by Gasteiger charge is -2.35. The Morgan fingerprint density at radius 3 is 2.24 bits per heavy atom. The van der Waals surface area contributed by atoms with Gasteiger partial charge in [-0.05, 0) is 49.9 Å². The van der Waals surface area contributed by atoms with Crippen molar-refractivity contribution in [1.82, 2.24) is 14.5 Å². The molecule has 0 bridgehead atoms. The van der Waals surface area contributed by atoms with E-state index in [9.17, 15) is 9.00 Å². The summed E-state index contributed by atoms with van der Waals surface area (Å²) in [4.78, 5) is 15.0. The number of benzene rings is 1. The molecule has 2 unspecified atom stereocenters. The maximum Gasteiger partial charge on any atom is 0.248 e. The van der Waals surface area contributed by atoms with Gasteiger partial charge in [-0.15, -0.1) is 0 Å². The van der Waals surface area contributed by atoms with Crippen LogP contribution in [0.4, 0.5) is 0 Å². The molecule has 2 saturated heterocycles. The third kappa shape index (κ3) is 8.67. The zero-order chi connectivity index (χ0) is 24.8. The third-order valence-electron chi connectivity index (χ3n) is 5.64. The van der Waals surface area contributed by atoms with E-state index < -0.39 is 11.0 Å². The van der Waals surface area contributed by atoms with Gasteiger partial charge in [-0.25, -0.2) is 8.51 Å². The summed E-state index contributed by atoms with van der Waals surface area (Å²) in [5.74, 6) is 0.822. The molecule has 2 aliphatic heterocycles. The molecule has 190 valence electrons. The largest absolute Gasteiger partial charge is 0.497 e. The number of amides is 1. The summed E-state index contributed by atoms with van der Waals surface area (Å²) in [5.41, 5.74) is 1.94. The Labute approximate surface area is 203 Å². The van der Waals surface area contributed by atoms with Crippen molar-refractivity contribution in [3.63, 3.8) is 0 Å². The summed E-state index contributed by atoms with van der Waals surface area (Å²) in [6, 6.07) is 3.92. The van der Waals surface area contributed by atoms with E-state index in [4.69, 9.17) is 9.47 Å². The van der Waals surface area contributed by atoms with Gasteiger partial charge in [0.05, 0.1) is 18.6 Å². The second-order valence-corrected chi connectivity index (χ2v) is 9.15. The number of hydrogen-bond donors (Lipinski definition) is 1. The molecule has 8 heteroatoms. The molecule has 0 aliphatic carbocycles. The normalized spacial score (nSPS) is 19.5. The molecule has 0 radical (unpaired) electrons. The minimum atomic E-state index is -1.26. The smallest absolute Gasteiger partial charge is 0.248 e. The van der Waals surface area contributed by atoms with E-state index in [2.05, 4.69) is 5.32 Å². The zero-order valence-corrected chi connectivity index (χ0v) is 22.6. The molecule has 0 aromatic heterocycles. The van der Waals surface area contributed by atoms with Crippen LogP contribution in [0, 0.1) is 13.8 Å². The number of methoxy groups -OCH3 is 1. The van der Waals surface area contributed by atoms with E-state index >= 15 is 0 Å². The molecule has 7 nitrogen and oxygen atoms in total. The number of aryl methyl sites for hydroxylation is 2. The molecule has 0 saturated carbocycles. The quantitative estimate of drug-likeness (QED) is 0.640. The highest BCUT2D eigenvalue weighted by Gasteiger charge is 2.30. The first-order chi connectivity index (χ1) is 16.0. The van der Waals surface area contributed by atoms with Crippen LogP contribution in [0.3, 0.4) is 0 Å². The van der Waals surface area contributed by atoms with Crippen molar-refractivity contribution in [3.05, 3.63) is 23.3 Å². The van der Waals surface area contributed by atoms with Crippen molar-refractivity contribution in [1.29, 1.82) is 0 Å². The number of hydrogen-bond acceptors (Lipinski definition) is 5. The zero-order valence-electron chi connectivity index (χ0n) is 21.7. The van der Waals surface area contributed by atoms with Crippen molar-refractivity contribution in [2.45, 2.75) is 71.7 Å². The minimum absolute atomic E-state index is 0.0387. The fourth-order valence-corrected chi connectivity index (χ4v) is 5.70. The highest BCUT2D eigenvalue weighted by Crippen LogP contribution is 2.29. The van der Waals surface area contributed by atoms with Gasteiger partial charge in [0, 0.05) is 38.8 Å². The van der Waals surface area contributed by atoms with E-state index in [0.717, 1.165) is 73.8 Å². The Bertz CT molecular complexity index is 715. The number of ether oxygens (including phenoxy) is 2. The first-order valence-electron chi connectivity index (χ1n) is 12.4. The van der Waals surface area contributed by atoms with Crippen molar-refractivity contribution in [3.8, 4) is 5.75 Å². The summed E-state index contributed by atoms with van der Waals surface area (Å²) in [5, 5.41) is 3.24. The lowest BCUT2D eigenvalue weighted by Crippen LogP contribution is -2.48. The molecule has 2 heterocycles. The highest BCUT2D eigenvalue weighted by atomic mass is 32.2. The standard InChI is InChI=1S/C21H33N3O4S.2C2H6/c1-16-12-19(27-3)13-17(2)21(16)29(26)24-9-5-4-6-18(24)14-28-15-20(25)23-10-7-22-8-11-23;2*1-2/h12-13,18,22H,4-11,14-15H2,1-3H3;2*1-2H3. The third-order valence-corrected chi connectivity index (χ3v) is 7.54. The first-order valence-corrected chi connectivity index (χ1v) is 13.5. The summed E-state index contributed by atoms with van der Waals surface area (Å²) in [6.07, 6.45) is 3.05. The van der Waals surface area contributed by atoms with E-state index in [1.807, 2.05) is 62.9 Å². The van der Waals surface area contributed by atoms with Crippen molar-refractivity contribution < 1.29 is 18.5 Å². The number of piperidine rings is 1. The molecule has 2 aliphatic rings. The Hall–Kier alpha value is -1.48. The summed E-state index contributed by atoms with van der Waals surface area (Å²) < 4.78 is 26.6. The van der Waals surface area contributed by atoms with Crippen LogP contribution >= 0.6 is 0 Å². The van der Waals surface area contributed by atoms with Gasteiger partial charge in [-0.3, -0.25) is 4.79 Å². The predicted molar refractivity (Wildman–Crippen MR) is 136 cm³/mol. The number of rotatable bonds is 7. The maximum atomic E-state index is 13.5. The topological polar surface area (TPSA) is 71.1 Å². The van der Waals surface area contributed by atoms with Gasteiger partial charge < -0.3 is 19.7 Å². The molecule has 1 amide bonds. The Balaban J connectivity index is 0.00000129. The van der Waals surface area contributed by atoms with Crippen LogP contribution in [0.1, 0.15) is 58.1 Å². The lowest BCUT2D eigenvalue weighted by molar-refractivity contribution is -0.137. The Kier molecular flexibility index (Phi) is 14.5. The van der Waals surface area contributed by atoms with Crippen LogP contribution in [0.15, 0.2) is 17.0 Å². The average molecular weight is 484 g/mol. The minimum Gasteiger partial charge on any atom is -0.497 e. The van der Waals surface area contributed by atoms with E-state index in [1.165, 1.54) is 0 Å². The molecule has 3 rings (SSSR count). The molecule has 2 atom stereocenters. The summed E-state index contributed by atoms with van der Waals surface area (Å²) in [6.45, 7) is 16.4. The molecular formula is C25H45N3O4S. The molecule has 1 aromatic carbocycles. The lowest BCUT2D eigenvalue weighted by atomic mass is 10.1. The number of piperazine rings is 1. The van der Waals surface area contributed by atoms with E-state index in [-0.39, 0.29) is 18.6 Å². The van der Waals surface area contributed by atoms with Gasteiger partial charge in [0.25, 0.3) is 0 Å². The SMILES string of the molecule is CC.CC.COc1cc(C)c(S(=O)N2CCCCC2COCC(=O)N2CCNCC2)c(C)c1. The number of nitrogens with zero attached hydrogens (tertiary/aromatic N) is 2. The van der Waals surface area contributed by atoms with Crippen LogP contribution in [0.2, 0.25) is 0 Å². The van der Waals surface area contributed by atoms with Crippen LogP contribution < -0.4 is 10.1 Å². The fourth-order valence-electron chi connectivity index (χ4n) is 4.07. The Morgan fingerprint density at radius 1 is 1.06 bits per heavy atom. The second kappa shape index (κ2) is 16.2. The van der Waals surface area contributed by atoms with E-state index in [1.54, 1.807) is 7.11 Å². The predicted octanol–water partition coefficient (Wildman–Crippen LogP) is 3.69. The maximum absolute atomic E-state index is 13.5. The van der Waals surface area contributed by atoms with Gasteiger partial charge in [0.15, 0.2) is 0 Å². The van der Waals surface area contributed by atoms with E-state index in [0.29, 0.717) is 6.61 Å². The molecule has 2 fully saturated rings. The van der Waals surface area contributed by atoms with Crippen LogP contribution in [0.5, 0.6) is 5.75 Å². The fraction of sp³-hybridized carbons (Fsp3) is 0.720. The monoisotopic (exact) mass is 483 g/mol. The van der Waals surface area contributed by atoms with Gasteiger partial charge in [0.1, 0.15) is 23.3 Å². The number of nitrogens with one attached hydrogen (secondary N) is 1. The molecule has 33 heavy (non-hydrogen) atoms. The van der Waals surface area contributed by atoms with Crippen LogP contribution in [-0.4, -0.2) is 78.4 Å². The van der Waals surface area contributed by atoms with Crippen molar-refractivity contribution in [2.75, 3.05) is 53.0 Å². The molecule has 0 spiro atoms. The van der Waals surface area contributed by atoms with Crippen LogP contribution in [-0.2, 0) is 20.5 Å². The second-order valence-electron chi connectivity index (χ2n) is 7.78. The summed E-state index contributed by atoms with van der Waals surface area (Å²) >= 11 is 0. The van der Waals surface area contributed by atoms with Gasteiger partial charge >= 0.3 is 0 Å². The highest BCUT2D eigenvalue weighted by molar-refractivity contribution is 7.82. The molecular weight excluding hydrogens is 438 g/mol. The summed E-state index contributed by atoms with van der Waals surface area (Å²) in [7, 11) is 0.386. The average Bonchev–Trinajstić information content (AvgIpc) is 2.86. The molecule has 1 N–H and O–H groups in total. The first kappa shape index (κ1) is 29.6. The number of carbonyl (C=O) groups excluding carboxylic acids is 1. The van der Waals surface area contributed by atoms with Crippen molar-refractivity contribution in [2.24, 2.45) is 0 Å².